The summed E-state index contributed by atoms with van der Waals surface area (Å²) in [6, 6.07) is 21.7. The van der Waals surface area contributed by atoms with E-state index in [2.05, 4.69) is 50.0 Å². The summed E-state index contributed by atoms with van der Waals surface area (Å²) in [4.78, 5) is 19.3. The molecule has 0 bridgehead atoms. The third kappa shape index (κ3) is 5.81. The van der Waals surface area contributed by atoms with Crippen LogP contribution in [0.1, 0.15) is 56.2 Å². The van der Waals surface area contributed by atoms with Gasteiger partial charge in [0, 0.05) is 25.7 Å². The molecule has 2 heterocycles. The summed E-state index contributed by atoms with van der Waals surface area (Å²) >= 11 is 0. The summed E-state index contributed by atoms with van der Waals surface area (Å²) in [6.07, 6.45) is 2.44. The lowest BCUT2D eigenvalue weighted by Crippen LogP contribution is -2.66. The third-order valence-electron chi connectivity index (χ3n) is 8.15. The van der Waals surface area contributed by atoms with Crippen LogP contribution in [0.2, 0.25) is 5.04 Å². The number of halogens is 2. The summed E-state index contributed by atoms with van der Waals surface area (Å²) in [5.41, 5.74) is 0.344. The summed E-state index contributed by atoms with van der Waals surface area (Å²) in [5, 5.41) is 1.80. The zero-order valence-electron chi connectivity index (χ0n) is 25.6. The Labute approximate surface area is 253 Å². The summed E-state index contributed by atoms with van der Waals surface area (Å²) in [7, 11) is -1.38. The molecular formula is C34H39F2N3O3Si. The molecule has 0 N–H and O–H groups in total. The monoisotopic (exact) mass is 603 g/mol. The first-order chi connectivity index (χ1) is 20.4. The molecule has 0 radical (unpaired) electrons. The van der Waals surface area contributed by atoms with Crippen LogP contribution >= 0.6 is 0 Å². The number of imidazole rings is 1. The zero-order chi connectivity index (χ0) is 30.9. The number of aryl methyl sites for hydroxylation is 1. The minimum atomic E-state index is -3.03. The van der Waals surface area contributed by atoms with Gasteiger partial charge in [-0.25, -0.2) is 13.8 Å². The van der Waals surface area contributed by atoms with E-state index in [0.29, 0.717) is 18.7 Å². The second kappa shape index (κ2) is 12.1. The van der Waals surface area contributed by atoms with Crippen molar-refractivity contribution in [2.45, 2.75) is 58.5 Å². The maximum Gasteiger partial charge on any atom is 0.261 e. The molecule has 6 nitrogen and oxygen atoms in total. The van der Waals surface area contributed by atoms with E-state index in [9.17, 15) is 4.79 Å². The fraction of sp³-hybridized carbons (Fsp3) is 0.353. The van der Waals surface area contributed by atoms with Gasteiger partial charge in [-0.05, 0) is 35.3 Å². The number of ether oxygens (including phenoxy) is 1. The first-order valence-electron chi connectivity index (χ1n) is 14.6. The average molecular weight is 604 g/mol. The van der Waals surface area contributed by atoms with Crippen LogP contribution in [-0.2, 0) is 22.8 Å². The Morgan fingerprint density at radius 3 is 2.02 bits per heavy atom. The average Bonchev–Trinajstić information content (AvgIpc) is 3.40. The number of ketones is 1. The number of hydrogen-bond acceptors (Lipinski definition) is 5. The summed E-state index contributed by atoms with van der Waals surface area (Å²) in [5.74, 6) is -2.88. The normalized spacial score (nSPS) is 17.7. The molecule has 0 amide bonds. The molecule has 43 heavy (non-hydrogen) atoms. The van der Waals surface area contributed by atoms with Crippen molar-refractivity contribution in [3.8, 4) is 0 Å². The van der Waals surface area contributed by atoms with E-state index in [-0.39, 0.29) is 40.8 Å². The van der Waals surface area contributed by atoms with Gasteiger partial charge in [0.1, 0.15) is 5.69 Å². The molecule has 0 aliphatic carbocycles. The molecule has 0 saturated carbocycles. The third-order valence-corrected chi connectivity index (χ3v) is 13.1. The van der Waals surface area contributed by atoms with Gasteiger partial charge in [-0.3, -0.25) is 4.79 Å². The molecular weight excluding hydrogens is 564 g/mol. The Hall–Kier alpha value is -3.66. The van der Waals surface area contributed by atoms with Crippen molar-refractivity contribution in [1.29, 1.82) is 0 Å². The Bertz CT molecular complexity index is 1540. The van der Waals surface area contributed by atoms with E-state index >= 15 is 8.78 Å². The highest BCUT2D eigenvalue weighted by Crippen LogP contribution is 2.39. The SMILES string of the molecule is C[C@@H]1CN(c2c(CO[Si](c3ccccc3)(c3ccccc3)C(C)(C)C)cc(C(=O)c3cncn3C)c(F)c2F)C[C@H](C)O1. The van der Waals surface area contributed by atoms with Crippen LogP contribution in [-0.4, -0.2) is 48.9 Å². The minimum absolute atomic E-state index is 0.0222. The molecule has 5 rings (SSSR count). The van der Waals surface area contributed by atoms with Crippen molar-refractivity contribution >= 4 is 30.2 Å². The zero-order valence-corrected chi connectivity index (χ0v) is 26.6. The molecule has 226 valence electrons. The fourth-order valence-electron chi connectivity index (χ4n) is 6.31. The highest BCUT2D eigenvalue weighted by atomic mass is 28.4. The van der Waals surface area contributed by atoms with Gasteiger partial charge in [-0.15, -0.1) is 0 Å². The lowest BCUT2D eigenvalue weighted by atomic mass is 10.0. The fourth-order valence-corrected chi connectivity index (χ4v) is 10.8. The number of nitrogens with zero attached hydrogens (tertiary/aromatic N) is 3. The van der Waals surface area contributed by atoms with Gasteiger partial charge in [-0.2, -0.15) is 0 Å². The molecule has 9 heteroatoms. The van der Waals surface area contributed by atoms with Crippen molar-refractivity contribution < 1.29 is 22.7 Å². The van der Waals surface area contributed by atoms with Crippen molar-refractivity contribution in [3.63, 3.8) is 0 Å². The van der Waals surface area contributed by atoms with Crippen LogP contribution in [0.3, 0.4) is 0 Å². The van der Waals surface area contributed by atoms with Crippen molar-refractivity contribution in [3.05, 3.63) is 108 Å². The first kappa shape index (κ1) is 30.8. The Kier molecular flexibility index (Phi) is 8.69. The molecule has 0 unspecified atom stereocenters. The number of aromatic nitrogens is 2. The number of morpholine rings is 1. The topological polar surface area (TPSA) is 56.6 Å². The van der Waals surface area contributed by atoms with Gasteiger partial charge < -0.3 is 18.6 Å². The molecule has 1 aliphatic heterocycles. The molecule has 0 spiro atoms. The lowest BCUT2D eigenvalue weighted by Gasteiger charge is -2.43. The van der Waals surface area contributed by atoms with E-state index in [1.54, 1.807) is 7.05 Å². The van der Waals surface area contributed by atoms with Crippen LogP contribution in [0.5, 0.6) is 0 Å². The molecule has 1 aliphatic rings. The van der Waals surface area contributed by atoms with E-state index in [4.69, 9.17) is 9.16 Å². The van der Waals surface area contributed by atoms with E-state index in [1.165, 1.54) is 23.2 Å². The number of carbonyl (C=O) groups excluding carboxylic acids is 1. The van der Waals surface area contributed by atoms with Crippen LogP contribution in [0.15, 0.2) is 79.3 Å². The van der Waals surface area contributed by atoms with Crippen LogP contribution in [0.4, 0.5) is 14.5 Å². The van der Waals surface area contributed by atoms with E-state index in [1.807, 2.05) is 55.1 Å². The minimum Gasteiger partial charge on any atom is -0.403 e. The second-order valence-electron chi connectivity index (χ2n) is 12.4. The quantitative estimate of drug-likeness (QED) is 0.193. The van der Waals surface area contributed by atoms with Crippen molar-refractivity contribution in [2.24, 2.45) is 7.05 Å². The van der Waals surface area contributed by atoms with E-state index in [0.717, 1.165) is 10.4 Å². The number of anilines is 1. The summed E-state index contributed by atoms with van der Waals surface area (Å²) in [6.45, 7) is 11.0. The highest BCUT2D eigenvalue weighted by Gasteiger charge is 2.50. The smallest absolute Gasteiger partial charge is 0.261 e. The van der Waals surface area contributed by atoms with Crippen LogP contribution in [0.25, 0.3) is 0 Å². The lowest BCUT2D eigenvalue weighted by molar-refractivity contribution is -0.00553. The van der Waals surface area contributed by atoms with E-state index < -0.39 is 25.7 Å². The van der Waals surface area contributed by atoms with Gasteiger partial charge >= 0.3 is 0 Å². The van der Waals surface area contributed by atoms with Crippen LogP contribution in [0, 0.1) is 11.6 Å². The van der Waals surface area contributed by atoms with Gasteiger partial charge in [0.05, 0.1) is 42.6 Å². The molecule has 1 aromatic heterocycles. The molecule has 4 aromatic rings. The highest BCUT2D eigenvalue weighted by molar-refractivity contribution is 6.99. The Morgan fingerprint density at radius 1 is 0.977 bits per heavy atom. The van der Waals surface area contributed by atoms with Crippen molar-refractivity contribution in [2.75, 3.05) is 18.0 Å². The molecule has 1 fully saturated rings. The van der Waals surface area contributed by atoms with Crippen molar-refractivity contribution in [1.82, 2.24) is 9.55 Å². The maximum absolute atomic E-state index is 16.3. The molecule has 1 saturated heterocycles. The first-order valence-corrected chi connectivity index (χ1v) is 16.5. The largest absolute Gasteiger partial charge is 0.403 e. The predicted molar refractivity (Wildman–Crippen MR) is 168 cm³/mol. The van der Waals surface area contributed by atoms with Crippen LogP contribution < -0.4 is 15.3 Å². The Balaban J connectivity index is 1.68. The predicted octanol–water partition coefficient (Wildman–Crippen LogP) is 5.62. The van der Waals surface area contributed by atoms with Gasteiger partial charge in [0.25, 0.3) is 8.32 Å². The summed E-state index contributed by atoms with van der Waals surface area (Å²) < 4.78 is 46.7. The van der Waals surface area contributed by atoms with Gasteiger partial charge in [0.2, 0.25) is 5.78 Å². The number of benzene rings is 3. The van der Waals surface area contributed by atoms with Gasteiger partial charge in [-0.1, -0.05) is 81.4 Å². The number of carbonyl (C=O) groups is 1. The molecule has 3 aromatic carbocycles. The molecule has 2 atom stereocenters. The van der Waals surface area contributed by atoms with Gasteiger partial charge in [0.15, 0.2) is 11.6 Å². The standard InChI is InChI=1S/C34H39F2N3O3Si/c1-23-19-39(20-24(2)42-23)32-25(17-28(30(35)31(32)36)33(40)29-18-37-22-38(29)6)21-41-43(34(3,4)5,26-13-9-7-10-14-26)27-15-11-8-12-16-27/h7-18,22-24H,19-21H2,1-6H3/t23-,24+. The Morgan fingerprint density at radius 2 is 1.53 bits per heavy atom. The number of hydrogen-bond donors (Lipinski definition) is 0. The number of rotatable bonds is 8. The maximum atomic E-state index is 16.3. The second-order valence-corrected chi connectivity index (χ2v) is 16.7.